The first-order chi connectivity index (χ1) is 10.2. The molecule has 2 aromatic rings. The molecule has 0 aromatic carbocycles. The number of hydrogen-bond donors (Lipinski definition) is 0. The Balaban J connectivity index is 1.56. The van der Waals surface area contributed by atoms with Gasteiger partial charge in [0.2, 0.25) is 0 Å². The minimum Gasteiger partial charge on any atom is -0.355 e. The predicted molar refractivity (Wildman–Crippen MR) is 74.4 cm³/mol. The number of nitrogens with zero attached hydrogens (tertiary/aromatic N) is 5. The zero-order chi connectivity index (χ0) is 14.4. The lowest BCUT2D eigenvalue weighted by Gasteiger charge is -2.32. The topological polar surface area (TPSA) is 46.8 Å². The molecule has 0 N–H and O–H groups in total. The van der Waals surface area contributed by atoms with Crippen LogP contribution in [0.15, 0.2) is 12.4 Å². The Bertz CT molecular complexity index is 654. The van der Waals surface area contributed by atoms with E-state index in [1.807, 2.05) is 0 Å². The monoisotopic (exact) mass is 293 g/mol. The average molecular weight is 293 g/mol. The second kappa shape index (κ2) is 4.61. The van der Waals surface area contributed by atoms with Crippen molar-refractivity contribution in [3.63, 3.8) is 0 Å². The van der Waals surface area contributed by atoms with E-state index < -0.39 is 13.0 Å². The number of aromatic nitrogens is 4. The molecule has 5 nitrogen and oxygen atoms in total. The van der Waals surface area contributed by atoms with Gasteiger partial charge < -0.3 is 4.90 Å². The summed E-state index contributed by atoms with van der Waals surface area (Å²) in [6, 6.07) is 0. The van der Waals surface area contributed by atoms with Crippen LogP contribution in [0.4, 0.5) is 14.6 Å². The first-order valence-electron chi connectivity index (χ1n) is 7.37. The quantitative estimate of drug-likeness (QED) is 0.872. The van der Waals surface area contributed by atoms with Gasteiger partial charge in [-0.25, -0.2) is 23.4 Å². The van der Waals surface area contributed by atoms with E-state index in [0.717, 1.165) is 18.9 Å². The van der Waals surface area contributed by atoms with Crippen LogP contribution in [0.3, 0.4) is 0 Å². The second-order valence-electron chi connectivity index (χ2n) is 6.14. The summed E-state index contributed by atoms with van der Waals surface area (Å²) >= 11 is 0. The Labute approximate surface area is 121 Å². The zero-order valence-corrected chi connectivity index (χ0v) is 11.7. The lowest BCUT2D eigenvalue weighted by molar-refractivity contribution is 0.123. The molecule has 112 valence electrons. The Morgan fingerprint density at radius 3 is 2.57 bits per heavy atom. The molecule has 0 amide bonds. The van der Waals surface area contributed by atoms with Gasteiger partial charge in [-0.2, -0.15) is 5.10 Å². The molecule has 1 aliphatic heterocycles. The van der Waals surface area contributed by atoms with E-state index in [1.165, 1.54) is 36.6 Å². The average Bonchev–Trinajstić information content (AvgIpc) is 3.11. The summed E-state index contributed by atoms with van der Waals surface area (Å²) in [5.41, 5.74) is 1.63. The fourth-order valence-electron chi connectivity index (χ4n) is 3.16. The highest BCUT2D eigenvalue weighted by Gasteiger charge is 2.44. The molecule has 1 aliphatic carbocycles. The van der Waals surface area contributed by atoms with Crippen LogP contribution in [0.1, 0.15) is 25.7 Å². The Hall–Kier alpha value is -1.79. The number of rotatable bonds is 3. The first kappa shape index (κ1) is 12.9. The van der Waals surface area contributed by atoms with Gasteiger partial charge in [-0.05, 0) is 31.1 Å². The zero-order valence-electron chi connectivity index (χ0n) is 11.7. The maximum Gasteiger partial charge on any atom is 0.258 e. The molecule has 4 rings (SSSR count). The summed E-state index contributed by atoms with van der Waals surface area (Å²) in [5.74, 6) is 0.828. The van der Waals surface area contributed by atoms with Crippen molar-refractivity contribution < 1.29 is 8.78 Å². The van der Waals surface area contributed by atoms with E-state index in [4.69, 9.17) is 0 Å². The van der Waals surface area contributed by atoms with Crippen molar-refractivity contribution in [3.8, 4) is 0 Å². The van der Waals surface area contributed by atoms with E-state index in [0.29, 0.717) is 16.6 Å². The molecule has 2 aliphatic rings. The van der Waals surface area contributed by atoms with Crippen LogP contribution in [0.25, 0.3) is 11.2 Å². The third kappa shape index (κ3) is 2.34. The Morgan fingerprint density at radius 2 is 1.90 bits per heavy atom. The highest BCUT2D eigenvalue weighted by molar-refractivity contribution is 5.71. The molecular weight excluding hydrogens is 276 g/mol. The second-order valence-corrected chi connectivity index (χ2v) is 6.14. The van der Waals surface area contributed by atoms with Crippen LogP contribution in [0.2, 0.25) is 0 Å². The SMILES string of the molecule is FC(F)Cn1ncc2nc(N3CCC4(CC3)CC4)cnc21. The maximum absolute atomic E-state index is 12.5. The van der Waals surface area contributed by atoms with Crippen molar-refractivity contribution in [2.75, 3.05) is 18.0 Å². The van der Waals surface area contributed by atoms with Crippen molar-refractivity contribution in [1.82, 2.24) is 19.7 Å². The van der Waals surface area contributed by atoms with E-state index in [-0.39, 0.29) is 0 Å². The Kier molecular flexibility index (Phi) is 2.83. The highest BCUT2D eigenvalue weighted by atomic mass is 19.3. The number of hydrogen-bond acceptors (Lipinski definition) is 4. The first-order valence-corrected chi connectivity index (χ1v) is 7.37. The molecule has 3 heterocycles. The van der Waals surface area contributed by atoms with Gasteiger partial charge in [-0.15, -0.1) is 0 Å². The van der Waals surface area contributed by atoms with Crippen molar-refractivity contribution in [1.29, 1.82) is 0 Å². The van der Waals surface area contributed by atoms with Gasteiger partial charge in [0.05, 0.1) is 12.4 Å². The number of alkyl halides is 2. The van der Waals surface area contributed by atoms with Crippen LogP contribution >= 0.6 is 0 Å². The van der Waals surface area contributed by atoms with Gasteiger partial charge in [0.15, 0.2) is 5.65 Å². The van der Waals surface area contributed by atoms with E-state index >= 15 is 0 Å². The summed E-state index contributed by atoms with van der Waals surface area (Å²) in [7, 11) is 0. The van der Waals surface area contributed by atoms with E-state index in [9.17, 15) is 8.78 Å². The minimum atomic E-state index is -2.44. The smallest absolute Gasteiger partial charge is 0.258 e. The normalized spacial score (nSPS) is 20.6. The third-order valence-corrected chi connectivity index (χ3v) is 4.75. The fourth-order valence-corrected chi connectivity index (χ4v) is 3.16. The van der Waals surface area contributed by atoms with Crippen molar-refractivity contribution in [3.05, 3.63) is 12.4 Å². The molecule has 0 unspecified atom stereocenters. The van der Waals surface area contributed by atoms with Crippen LogP contribution < -0.4 is 4.90 Å². The molecule has 1 saturated carbocycles. The van der Waals surface area contributed by atoms with Crippen LogP contribution in [-0.4, -0.2) is 39.3 Å². The highest BCUT2D eigenvalue weighted by Crippen LogP contribution is 2.53. The summed E-state index contributed by atoms with van der Waals surface area (Å²) in [6.07, 6.45) is 5.93. The van der Waals surface area contributed by atoms with Gasteiger partial charge >= 0.3 is 0 Å². The number of anilines is 1. The molecule has 1 spiro atoms. The van der Waals surface area contributed by atoms with Gasteiger partial charge in [-0.1, -0.05) is 0 Å². The summed E-state index contributed by atoms with van der Waals surface area (Å²) in [6.45, 7) is 1.57. The van der Waals surface area contributed by atoms with Crippen molar-refractivity contribution in [2.45, 2.75) is 38.7 Å². The van der Waals surface area contributed by atoms with Crippen molar-refractivity contribution >= 4 is 17.0 Å². The molecule has 0 radical (unpaired) electrons. The molecule has 7 heteroatoms. The molecule has 21 heavy (non-hydrogen) atoms. The molecule has 0 atom stereocenters. The van der Waals surface area contributed by atoms with E-state index in [1.54, 1.807) is 6.20 Å². The standard InChI is InChI=1S/C14H17F2N5/c15-11(16)9-21-13-10(7-18-21)19-12(8-17-13)20-5-3-14(1-2-14)4-6-20/h7-8,11H,1-6,9H2. The summed E-state index contributed by atoms with van der Waals surface area (Å²) in [4.78, 5) is 11.1. The molecule has 2 fully saturated rings. The van der Waals surface area contributed by atoms with Crippen LogP contribution in [0, 0.1) is 5.41 Å². The fraction of sp³-hybridized carbons (Fsp3) is 0.643. The van der Waals surface area contributed by atoms with Gasteiger partial charge in [-0.3, -0.25) is 0 Å². The molecule has 2 aromatic heterocycles. The summed E-state index contributed by atoms with van der Waals surface area (Å²) in [5, 5.41) is 3.95. The third-order valence-electron chi connectivity index (χ3n) is 4.75. The number of piperidine rings is 1. The Morgan fingerprint density at radius 1 is 1.14 bits per heavy atom. The lowest BCUT2D eigenvalue weighted by atomic mass is 9.94. The maximum atomic E-state index is 12.5. The summed E-state index contributed by atoms with van der Waals surface area (Å²) < 4.78 is 26.1. The van der Waals surface area contributed by atoms with Crippen molar-refractivity contribution in [2.24, 2.45) is 5.41 Å². The molecule has 1 saturated heterocycles. The number of fused-ring (bicyclic) bond motifs is 1. The van der Waals surface area contributed by atoms with Crippen LogP contribution in [-0.2, 0) is 6.54 Å². The largest absolute Gasteiger partial charge is 0.355 e. The molecule has 0 bridgehead atoms. The lowest BCUT2D eigenvalue weighted by Crippen LogP contribution is -2.35. The number of halogens is 2. The van der Waals surface area contributed by atoms with Crippen LogP contribution in [0.5, 0.6) is 0 Å². The van der Waals surface area contributed by atoms with Gasteiger partial charge in [0, 0.05) is 13.1 Å². The van der Waals surface area contributed by atoms with Gasteiger partial charge in [0.25, 0.3) is 6.43 Å². The molecular formula is C14H17F2N5. The van der Waals surface area contributed by atoms with Gasteiger partial charge in [0.1, 0.15) is 17.9 Å². The van der Waals surface area contributed by atoms with E-state index in [2.05, 4.69) is 20.0 Å². The minimum absolute atomic E-state index is 0.426. The predicted octanol–water partition coefficient (Wildman–Crippen LogP) is 2.47.